The lowest BCUT2D eigenvalue weighted by Gasteiger charge is -2.16. The summed E-state index contributed by atoms with van der Waals surface area (Å²) >= 11 is 10.3. The number of hydrogen-bond acceptors (Lipinski definition) is 7. The largest absolute Gasteiger partial charge is 0.357 e. The van der Waals surface area contributed by atoms with Crippen LogP contribution < -0.4 is 0 Å². The molecule has 2 aromatic heterocycles. The summed E-state index contributed by atoms with van der Waals surface area (Å²) in [5, 5.41) is 0.930. The van der Waals surface area contributed by atoms with Crippen LogP contribution in [0.5, 0.6) is 0 Å². The lowest BCUT2D eigenvalue weighted by atomic mass is 10.4. The maximum Gasteiger partial charge on any atom is 0.175 e. The molecule has 0 unspecified atom stereocenters. The van der Waals surface area contributed by atoms with E-state index in [0.717, 1.165) is 37.1 Å². The van der Waals surface area contributed by atoms with Crippen molar-refractivity contribution in [3.63, 3.8) is 0 Å². The second kappa shape index (κ2) is 5.90. The second-order valence-electron chi connectivity index (χ2n) is 4.08. The molecule has 8 heteroatoms. The summed E-state index contributed by atoms with van der Waals surface area (Å²) in [6.45, 7) is 2.14. The van der Waals surface area contributed by atoms with E-state index in [2.05, 4.69) is 19.9 Å². The smallest absolute Gasteiger partial charge is 0.175 e. The van der Waals surface area contributed by atoms with Crippen LogP contribution in [0.25, 0.3) is 10.3 Å². The molecule has 3 heterocycles. The number of likely N-dealkylation sites (tertiary alicyclic amines) is 1. The average molecular weight is 329 g/mol. The fraction of sp³-hybridized carbons (Fsp3) is 0.455. The minimum absolute atomic E-state index is 0.774. The molecule has 2 aromatic rings. The van der Waals surface area contributed by atoms with Crippen molar-refractivity contribution in [2.45, 2.75) is 22.2 Å². The Kier molecular flexibility index (Phi) is 4.21. The molecule has 0 aromatic carbocycles. The first kappa shape index (κ1) is 13.5. The molecule has 0 radical (unpaired) electrons. The van der Waals surface area contributed by atoms with Crippen LogP contribution in [0.15, 0.2) is 15.7 Å². The number of thiazole rings is 1. The predicted molar refractivity (Wildman–Crippen MR) is 86.3 cm³/mol. The molecule has 3 rings (SSSR count). The van der Waals surface area contributed by atoms with Crippen molar-refractivity contribution in [1.82, 2.24) is 19.9 Å². The molecular formula is C11H12N4S4. The summed E-state index contributed by atoms with van der Waals surface area (Å²) in [6, 6.07) is 0. The average Bonchev–Trinajstić information content (AvgIpc) is 3.08. The van der Waals surface area contributed by atoms with Crippen molar-refractivity contribution < 1.29 is 0 Å². The van der Waals surface area contributed by atoms with Crippen molar-refractivity contribution in [2.75, 3.05) is 19.3 Å². The van der Waals surface area contributed by atoms with Gasteiger partial charge < -0.3 is 4.90 Å². The standard InChI is InChI=1S/C11H12N4S4/c1-17-10-14-8-7(18-10)9(13-6-12-8)19-11(16)15-4-2-3-5-15/h6H,2-5H2,1H3. The van der Waals surface area contributed by atoms with E-state index in [1.54, 1.807) is 41.2 Å². The van der Waals surface area contributed by atoms with Gasteiger partial charge in [-0.15, -0.1) is 11.3 Å². The van der Waals surface area contributed by atoms with Gasteiger partial charge in [-0.05, 0) is 30.9 Å². The third kappa shape index (κ3) is 2.86. The first-order chi connectivity index (χ1) is 9.28. The van der Waals surface area contributed by atoms with Crippen LogP contribution in [0.4, 0.5) is 0 Å². The summed E-state index contributed by atoms with van der Waals surface area (Å²) < 4.78 is 2.97. The summed E-state index contributed by atoms with van der Waals surface area (Å²) in [5.74, 6) is 0. The molecule has 1 fully saturated rings. The van der Waals surface area contributed by atoms with Crippen LogP contribution in [0.3, 0.4) is 0 Å². The topological polar surface area (TPSA) is 41.9 Å². The van der Waals surface area contributed by atoms with E-state index in [9.17, 15) is 0 Å². The molecule has 19 heavy (non-hydrogen) atoms. The zero-order chi connectivity index (χ0) is 13.2. The van der Waals surface area contributed by atoms with Gasteiger partial charge in [-0.2, -0.15) is 0 Å². The molecule has 0 amide bonds. The van der Waals surface area contributed by atoms with Gasteiger partial charge in [0.25, 0.3) is 0 Å². The molecule has 1 aliphatic heterocycles. The van der Waals surface area contributed by atoms with E-state index in [4.69, 9.17) is 12.2 Å². The van der Waals surface area contributed by atoms with E-state index in [0.29, 0.717) is 0 Å². The van der Waals surface area contributed by atoms with Gasteiger partial charge in [0.2, 0.25) is 0 Å². The third-order valence-electron chi connectivity index (χ3n) is 2.86. The maximum absolute atomic E-state index is 5.50. The van der Waals surface area contributed by atoms with E-state index in [1.807, 2.05) is 6.26 Å². The second-order valence-corrected chi connectivity index (χ2v) is 7.75. The van der Waals surface area contributed by atoms with E-state index in [-0.39, 0.29) is 0 Å². The number of fused-ring (bicyclic) bond motifs is 1. The molecule has 0 atom stereocenters. The highest BCUT2D eigenvalue weighted by Gasteiger charge is 2.18. The summed E-state index contributed by atoms with van der Waals surface area (Å²) in [4.78, 5) is 15.3. The highest BCUT2D eigenvalue weighted by Crippen LogP contribution is 2.34. The van der Waals surface area contributed by atoms with Crippen LogP contribution in [0.1, 0.15) is 12.8 Å². The maximum atomic E-state index is 5.50. The molecule has 100 valence electrons. The SMILES string of the molecule is CSc1nc2ncnc(SC(=S)N3CCCC3)c2s1. The van der Waals surface area contributed by atoms with Gasteiger partial charge in [-0.3, -0.25) is 0 Å². The van der Waals surface area contributed by atoms with Crippen molar-refractivity contribution >= 4 is 61.7 Å². The number of rotatable bonds is 2. The highest BCUT2D eigenvalue weighted by molar-refractivity contribution is 8.23. The Labute approximate surface area is 129 Å². The zero-order valence-electron chi connectivity index (χ0n) is 10.3. The zero-order valence-corrected chi connectivity index (χ0v) is 13.6. The molecular weight excluding hydrogens is 316 g/mol. The van der Waals surface area contributed by atoms with Crippen molar-refractivity contribution in [3.05, 3.63) is 6.33 Å². The monoisotopic (exact) mass is 328 g/mol. The normalized spacial score (nSPS) is 15.3. The lowest BCUT2D eigenvalue weighted by molar-refractivity contribution is 0.539. The van der Waals surface area contributed by atoms with Gasteiger partial charge in [-0.1, -0.05) is 24.0 Å². The number of thioether (sulfide) groups is 2. The third-order valence-corrected chi connectivity index (χ3v) is 6.47. The Morgan fingerprint density at radius 2 is 2.16 bits per heavy atom. The van der Waals surface area contributed by atoms with Crippen LogP contribution in [-0.4, -0.2) is 43.5 Å². The van der Waals surface area contributed by atoms with Gasteiger partial charge in [0.15, 0.2) is 9.99 Å². The van der Waals surface area contributed by atoms with Crippen molar-refractivity contribution in [1.29, 1.82) is 0 Å². The fourth-order valence-corrected chi connectivity index (χ4v) is 4.75. The van der Waals surface area contributed by atoms with E-state index in [1.165, 1.54) is 12.8 Å². The van der Waals surface area contributed by atoms with Gasteiger partial charge in [0.05, 0.1) is 0 Å². The fourth-order valence-electron chi connectivity index (χ4n) is 1.92. The van der Waals surface area contributed by atoms with Crippen LogP contribution in [0.2, 0.25) is 0 Å². The molecule has 0 spiro atoms. The number of nitrogens with zero attached hydrogens (tertiary/aromatic N) is 4. The molecule has 0 saturated carbocycles. The molecule has 1 aliphatic rings. The van der Waals surface area contributed by atoms with Crippen LogP contribution in [0, 0.1) is 0 Å². The number of hydrogen-bond donors (Lipinski definition) is 0. The van der Waals surface area contributed by atoms with Crippen LogP contribution >= 0.6 is 47.1 Å². The molecule has 0 N–H and O–H groups in total. The minimum Gasteiger partial charge on any atom is -0.357 e. The van der Waals surface area contributed by atoms with Gasteiger partial charge in [0.1, 0.15) is 20.4 Å². The van der Waals surface area contributed by atoms with Crippen molar-refractivity contribution in [2.24, 2.45) is 0 Å². The quantitative estimate of drug-likeness (QED) is 0.476. The molecule has 1 saturated heterocycles. The molecule has 4 nitrogen and oxygen atoms in total. The summed E-state index contributed by atoms with van der Waals surface area (Å²) in [5.41, 5.74) is 0.774. The highest BCUT2D eigenvalue weighted by atomic mass is 32.2. The Balaban J connectivity index is 1.87. The lowest BCUT2D eigenvalue weighted by Crippen LogP contribution is -2.23. The first-order valence-corrected chi connectivity index (χ1v) is 9.17. The van der Waals surface area contributed by atoms with Gasteiger partial charge >= 0.3 is 0 Å². The number of thiocarbonyl (C=S) groups is 1. The Morgan fingerprint density at radius 1 is 1.37 bits per heavy atom. The van der Waals surface area contributed by atoms with E-state index < -0.39 is 0 Å². The Bertz CT molecular complexity index is 606. The van der Waals surface area contributed by atoms with Gasteiger partial charge in [0, 0.05) is 13.1 Å². The minimum atomic E-state index is 0.774. The van der Waals surface area contributed by atoms with Crippen molar-refractivity contribution in [3.8, 4) is 0 Å². The Morgan fingerprint density at radius 3 is 2.89 bits per heavy atom. The molecule has 0 aliphatic carbocycles. The Hall–Kier alpha value is -0.440. The van der Waals surface area contributed by atoms with Gasteiger partial charge in [-0.25, -0.2) is 15.0 Å². The summed E-state index contributed by atoms with van der Waals surface area (Å²) in [6.07, 6.45) is 6.06. The first-order valence-electron chi connectivity index (χ1n) is 5.90. The van der Waals surface area contributed by atoms with Crippen LogP contribution in [-0.2, 0) is 0 Å². The molecule has 0 bridgehead atoms. The predicted octanol–water partition coefficient (Wildman–Crippen LogP) is 3.28. The summed E-state index contributed by atoms with van der Waals surface area (Å²) in [7, 11) is 0. The number of aromatic nitrogens is 3. The van der Waals surface area contributed by atoms with E-state index >= 15 is 0 Å².